The van der Waals surface area contributed by atoms with Crippen molar-refractivity contribution in [3.05, 3.63) is 29.3 Å². The normalized spacial score (nSPS) is 20.2. The third-order valence-corrected chi connectivity index (χ3v) is 3.72. The summed E-state index contributed by atoms with van der Waals surface area (Å²) in [6.07, 6.45) is 3.60. The lowest BCUT2D eigenvalue weighted by molar-refractivity contribution is 0.177. The first-order chi connectivity index (χ1) is 7.59. The molecule has 0 fully saturated rings. The van der Waals surface area contributed by atoms with Gasteiger partial charge in [0.05, 0.1) is 0 Å². The van der Waals surface area contributed by atoms with Crippen LogP contribution in [0.15, 0.2) is 18.2 Å². The van der Waals surface area contributed by atoms with Gasteiger partial charge in [0.1, 0.15) is 5.75 Å². The van der Waals surface area contributed by atoms with E-state index in [0.717, 1.165) is 6.42 Å². The Morgan fingerprint density at radius 1 is 1.38 bits per heavy atom. The molecule has 16 heavy (non-hydrogen) atoms. The van der Waals surface area contributed by atoms with Crippen molar-refractivity contribution in [1.82, 2.24) is 4.90 Å². The van der Waals surface area contributed by atoms with Crippen LogP contribution >= 0.6 is 0 Å². The summed E-state index contributed by atoms with van der Waals surface area (Å²) >= 11 is 0. The van der Waals surface area contributed by atoms with Crippen LogP contribution < -0.4 is 0 Å². The van der Waals surface area contributed by atoms with E-state index in [1.165, 1.54) is 24.0 Å². The minimum absolute atomic E-state index is 0.391. The highest BCUT2D eigenvalue weighted by Crippen LogP contribution is 2.36. The Hall–Kier alpha value is -1.02. The monoisotopic (exact) mass is 219 g/mol. The Bertz CT molecular complexity index is 373. The van der Waals surface area contributed by atoms with E-state index in [4.69, 9.17) is 0 Å². The molecule has 0 spiro atoms. The minimum atomic E-state index is 0.391. The summed E-state index contributed by atoms with van der Waals surface area (Å²) in [5, 5.41) is 9.61. The van der Waals surface area contributed by atoms with Gasteiger partial charge < -0.3 is 5.11 Å². The van der Waals surface area contributed by atoms with Gasteiger partial charge in [-0.1, -0.05) is 6.07 Å². The molecule has 0 aromatic heterocycles. The van der Waals surface area contributed by atoms with Gasteiger partial charge in [-0.3, -0.25) is 4.90 Å². The standard InChI is InChI=1S/C14H21NO/c1-10(2)15(3)14-6-4-5-11-7-8-12(16)9-13(11)14/h7-10,14,16H,4-6H2,1-3H3. The summed E-state index contributed by atoms with van der Waals surface area (Å²) in [4.78, 5) is 2.40. The van der Waals surface area contributed by atoms with E-state index in [1.54, 1.807) is 6.07 Å². The Labute approximate surface area is 97.9 Å². The molecule has 0 saturated carbocycles. The largest absolute Gasteiger partial charge is 0.508 e. The first-order valence-corrected chi connectivity index (χ1v) is 6.13. The van der Waals surface area contributed by atoms with Crippen LogP contribution in [0.1, 0.15) is 43.9 Å². The lowest BCUT2D eigenvalue weighted by Gasteiger charge is -2.35. The van der Waals surface area contributed by atoms with E-state index in [2.05, 4.69) is 31.9 Å². The first kappa shape index (κ1) is 11.5. The molecule has 1 atom stereocenters. The van der Waals surface area contributed by atoms with E-state index in [9.17, 15) is 5.11 Å². The predicted octanol–water partition coefficient (Wildman–Crippen LogP) is 3.11. The smallest absolute Gasteiger partial charge is 0.115 e. The van der Waals surface area contributed by atoms with E-state index in [-0.39, 0.29) is 0 Å². The average Bonchev–Trinajstić information content (AvgIpc) is 2.27. The molecular weight excluding hydrogens is 198 g/mol. The number of fused-ring (bicyclic) bond motifs is 1. The van der Waals surface area contributed by atoms with Crippen LogP contribution in [0, 0.1) is 0 Å². The number of nitrogens with zero attached hydrogens (tertiary/aromatic N) is 1. The van der Waals surface area contributed by atoms with E-state index in [1.807, 2.05) is 6.07 Å². The second-order valence-electron chi connectivity index (χ2n) is 5.05. The zero-order valence-corrected chi connectivity index (χ0v) is 10.4. The summed E-state index contributed by atoms with van der Waals surface area (Å²) in [5.74, 6) is 0.391. The average molecular weight is 219 g/mol. The van der Waals surface area contributed by atoms with Gasteiger partial charge >= 0.3 is 0 Å². The maximum absolute atomic E-state index is 9.61. The second kappa shape index (κ2) is 4.46. The van der Waals surface area contributed by atoms with Crippen molar-refractivity contribution < 1.29 is 5.11 Å². The summed E-state index contributed by atoms with van der Waals surface area (Å²) in [6, 6.07) is 6.83. The lowest BCUT2D eigenvalue weighted by Crippen LogP contribution is -2.33. The topological polar surface area (TPSA) is 23.5 Å². The second-order valence-corrected chi connectivity index (χ2v) is 5.05. The molecule has 88 valence electrons. The van der Waals surface area contributed by atoms with Crippen molar-refractivity contribution in [3.8, 4) is 5.75 Å². The third kappa shape index (κ3) is 2.07. The zero-order valence-electron chi connectivity index (χ0n) is 10.4. The molecule has 1 aliphatic carbocycles. The van der Waals surface area contributed by atoms with E-state index >= 15 is 0 Å². The van der Waals surface area contributed by atoms with E-state index in [0.29, 0.717) is 17.8 Å². The number of hydrogen-bond donors (Lipinski definition) is 1. The maximum atomic E-state index is 9.61. The highest BCUT2D eigenvalue weighted by atomic mass is 16.3. The fraction of sp³-hybridized carbons (Fsp3) is 0.571. The van der Waals surface area contributed by atoms with Gasteiger partial charge in [0.25, 0.3) is 0 Å². The van der Waals surface area contributed by atoms with E-state index < -0.39 is 0 Å². The van der Waals surface area contributed by atoms with Crippen molar-refractivity contribution >= 4 is 0 Å². The zero-order chi connectivity index (χ0) is 11.7. The quantitative estimate of drug-likeness (QED) is 0.826. The van der Waals surface area contributed by atoms with Crippen LogP contribution in [-0.4, -0.2) is 23.1 Å². The van der Waals surface area contributed by atoms with Gasteiger partial charge in [0.15, 0.2) is 0 Å². The molecule has 1 unspecified atom stereocenters. The lowest BCUT2D eigenvalue weighted by atomic mass is 9.86. The number of hydrogen-bond acceptors (Lipinski definition) is 2. The maximum Gasteiger partial charge on any atom is 0.115 e. The van der Waals surface area contributed by atoms with Crippen molar-refractivity contribution in [2.45, 2.75) is 45.2 Å². The van der Waals surface area contributed by atoms with Gasteiger partial charge in [-0.2, -0.15) is 0 Å². The Balaban J connectivity index is 2.35. The molecule has 0 radical (unpaired) electrons. The summed E-state index contributed by atoms with van der Waals surface area (Å²) in [7, 11) is 2.18. The molecule has 0 saturated heterocycles. The predicted molar refractivity (Wildman–Crippen MR) is 66.7 cm³/mol. The number of rotatable bonds is 2. The molecule has 1 aromatic rings. The molecule has 0 aliphatic heterocycles. The van der Waals surface area contributed by atoms with Gasteiger partial charge in [0.2, 0.25) is 0 Å². The molecule has 1 N–H and O–H groups in total. The number of aryl methyl sites for hydroxylation is 1. The number of phenols is 1. The fourth-order valence-electron chi connectivity index (χ4n) is 2.54. The molecule has 1 aliphatic rings. The van der Waals surface area contributed by atoms with Crippen LogP contribution in [0.5, 0.6) is 5.75 Å². The molecule has 2 rings (SSSR count). The molecule has 1 aromatic carbocycles. The minimum Gasteiger partial charge on any atom is -0.508 e. The van der Waals surface area contributed by atoms with Crippen LogP contribution in [0.25, 0.3) is 0 Å². The molecule has 0 amide bonds. The molecule has 0 heterocycles. The van der Waals surface area contributed by atoms with Crippen molar-refractivity contribution in [1.29, 1.82) is 0 Å². The number of benzene rings is 1. The van der Waals surface area contributed by atoms with Gasteiger partial charge in [-0.25, -0.2) is 0 Å². The SMILES string of the molecule is CC(C)N(C)C1CCCc2ccc(O)cc21. The van der Waals surface area contributed by atoms with Gasteiger partial charge in [-0.05, 0) is 63.4 Å². The van der Waals surface area contributed by atoms with Gasteiger partial charge in [-0.15, -0.1) is 0 Å². The van der Waals surface area contributed by atoms with Gasteiger partial charge in [0, 0.05) is 12.1 Å². The first-order valence-electron chi connectivity index (χ1n) is 6.13. The highest BCUT2D eigenvalue weighted by molar-refractivity contribution is 5.38. The van der Waals surface area contributed by atoms with Crippen LogP contribution in [0.4, 0.5) is 0 Å². The summed E-state index contributed by atoms with van der Waals surface area (Å²) in [5.41, 5.74) is 2.73. The molecule has 0 bridgehead atoms. The Kier molecular flexibility index (Phi) is 3.20. The Morgan fingerprint density at radius 3 is 2.81 bits per heavy atom. The highest BCUT2D eigenvalue weighted by Gasteiger charge is 2.25. The molecular formula is C14H21NO. The Morgan fingerprint density at radius 2 is 2.12 bits per heavy atom. The van der Waals surface area contributed by atoms with Crippen molar-refractivity contribution in [2.24, 2.45) is 0 Å². The molecule has 2 heteroatoms. The third-order valence-electron chi connectivity index (χ3n) is 3.72. The van der Waals surface area contributed by atoms with Crippen molar-refractivity contribution in [3.63, 3.8) is 0 Å². The fourth-order valence-corrected chi connectivity index (χ4v) is 2.54. The summed E-state index contributed by atoms with van der Waals surface area (Å²) < 4.78 is 0. The number of phenolic OH excluding ortho intramolecular Hbond substituents is 1. The van der Waals surface area contributed by atoms with Crippen LogP contribution in [0.2, 0.25) is 0 Å². The van der Waals surface area contributed by atoms with Crippen LogP contribution in [0.3, 0.4) is 0 Å². The molecule has 2 nitrogen and oxygen atoms in total. The van der Waals surface area contributed by atoms with Crippen LogP contribution in [-0.2, 0) is 6.42 Å². The summed E-state index contributed by atoms with van der Waals surface area (Å²) in [6.45, 7) is 4.44. The van der Waals surface area contributed by atoms with Crippen molar-refractivity contribution in [2.75, 3.05) is 7.05 Å². The number of aromatic hydroxyl groups is 1.